The van der Waals surface area contributed by atoms with Crippen LogP contribution >= 0.6 is 0 Å². The average molecular weight is 298 g/mol. The van der Waals surface area contributed by atoms with Crippen LogP contribution in [0, 0.1) is 0 Å². The van der Waals surface area contributed by atoms with E-state index in [9.17, 15) is 8.42 Å². The van der Waals surface area contributed by atoms with Crippen molar-refractivity contribution in [1.82, 2.24) is 9.21 Å². The van der Waals surface area contributed by atoms with Crippen LogP contribution in [0.2, 0.25) is 0 Å². The lowest BCUT2D eigenvalue weighted by Crippen LogP contribution is -2.56. The normalized spacial score (nSPS) is 25.8. The summed E-state index contributed by atoms with van der Waals surface area (Å²) in [6.07, 6.45) is 0. The van der Waals surface area contributed by atoms with Crippen molar-refractivity contribution < 1.29 is 13.5 Å². The van der Waals surface area contributed by atoms with Gasteiger partial charge in [-0.2, -0.15) is 4.31 Å². The second kappa shape index (κ2) is 5.81. The third-order valence-corrected chi connectivity index (χ3v) is 5.87. The predicted molar refractivity (Wildman–Crippen MR) is 77.8 cm³/mol. The lowest BCUT2D eigenvalue weighted by molar-refractivity contribution is 0.105. The Bertz CT molecular complexity index is 562. The first kappa shape index (κ1) is 15.4. The number of hydrogen-bond acceptors (Lipinski definition) is 4. The van der Waals surface area contributed by atoms with Crippen molar-refractivity contribution in [2.75, 3.05) is 20.1 Å². The van der Waals surface area contributed by atoms with Gasteiger partial charge in [-0.15, -0.1) is 0 Å². The molecule has 1 saturated heterocycles. The van der Waals surface area contributed by atoms with Gasteiger partial charge in [0.2, 0.25) is 10.0 Å². The van der Waals surface area contributed by atoms with Crippen molar-refractivity contribution in [3.8, 4) is 0 Å². The van der Waals surface area contributed by atoms with Crippen LogP contribution in [0.25, 0.3) is 0 Å². The van der Waals surface area contributed by atoms with Crippen molar-refractivity contribution in [3.63, 3.8) is 0 Å². The van der Waals surface area contributed by atoms with Crippen LogP contribution in [0.15, 0.2) is 29.2 Å². The van der Waals surface area contributed by atoms with E-state index < -0.39 is 10.0 Å². The number of aliphatic hydroxyl groups is 1. The van der Waals surface area contributed by atoms with Gasteiger partial charge in [0.25, 0.3) is 0 Å². The fourth-order valence-electron chi connectivity index (χ4n) is 2.51. The molecule has 1 aliphatic heterocycles. The maximum Gasteiger partial charge on any atom is 0.243 e. The molecular formula is C14H22N2O3S. The van der Waals surface area contributed by atoms with Gasteiger partial charge in [0.05, 0.1) is 11.5 Å². The van der Waals surface area contributed by atoms with E-state index in [1.807, 2.05) is 20.9 Å². The molecule has 112 valence electrons. The zero-order chi connectivity index (χ0) is 14.9. The van der Waals surface area contributed by atoms with E-state index in [2.05, 4.69) is 4.90 Å². The number of piperazine rings is 1. The van der Waals surface area contributed by atoms with Gasteiger partial charge in [-0.05, 0) is 38.6 Å². The molecule has 5 nitrogen and oxygen atoms in total. The van der Waals surface area contributed by atoms with Crippen molar-refractivity contribution in [3.05, 3.63) is 29.8 Å². The van der Waals surface area contributed by atoms with Crippen LogP contribution in [0.3, 0.4) is 0 Å². The first-order valence-corrected chi connectivity index (χ1v) is 8.22. The molecule has 1 heterocycles. The zero-order valence-corrected chi connectivity index (χ0v) is 13.0. The van der Waals surface area contributed by atoms with Crippen LogP contribution in [0.1, 0.15) is 19.4 Å². The Labute approximate surface area is 120 Å². The molecule has 1 aromatic rings. The van der Waals surface area contributed by atoms with Crippen molar-refractivity contribution in [2.24, 2.45) is 0 Å². The maximum atomic E-state index is 12.7. The van der Waals surface area contributed by atoms with E-state index in [0.29, 0.717) is 18.7 Å². The summed E-state index contributed by atoms with van der Waals surface area (Å²) in [5.74, 6) is 0. The van der Waals surface area contributed by atoms with Gasteiger partial charge in [0.15, 0.2) is 0 Å². The molecule has 0 amide bonds. The molecule has 0 bridgehead atoms. The Morgan fingerprint density at radius 3 is 2.40 bits per heavy atom. The van der Waals surface area contributed by atoms with Gasteiger partial charge >= 0.3 is 0 Å². The smallest absolute Gasteiger partial charge is 0.243 e. The number of sulfonamides is 1. The highest BCUT2D eigenvalue weighted by Crippen LogP contribution is 2.22. The number of nitrogens with zero attached hydrogens (tertiary/aromatic N) is 2. The molecule has 2 rings (SSSR count). The zero-order valence-electron chi connectivity index (χ0n) is 12.2. The Morgan fingerprint density at radius 2 is 1.85 bits per heavy atom. The molecule has 0 aliphatic carbocycles. The second-order valence-electron chi connectivity index (χ2n) is 5.49. The summed E-state index contributed by atoms with van der Waals surface area (Å²) in [5, 5.41) is 9.14. The minimum absolute atomic E-state index is 0.154. The minimum Gasteiger partial charge on any atom is -0.392 e. The molecule has 1 aromatic carbocycles. The van der Waals surface area contributed by atoms with E-state index in [1.165, 1.54) is 0 Å². The van der Waals surface area contributed by atoms with Crippen molar-refractivity contribution in [1.29, 1.82) is 0 Å². The van der Waals surface area contributed by atoms with Crippen LogP contribution in [0.5, 0.6) is 0 Å². The number of rotatable bonds is 3. The van der Waals surface area contributed by atoms with Gasteiger partial charge in [-0.25, -0.2) is 8.42 Å². The lowest BCUT2D eigenvalue weighted by Gasteiger charge is -2.41. The first-order chi connectivity index (χ1) is 9.36. The number of benzene rings is 1. The molecule has 0 spiro atoms. The number of hydrogen-bond donors (Lipinski definition) is 1. The van der Waals surface area contributed by atoms with Gasteiger partial charge < -0.3 is 5.11 Å². The third-order valence-electron chi connectivity index (χ3n) is 4.05. The van der Waals surface area contributed by atoms with E-state index >= 15 is 0 Å². The third kappa shape index (κ3) is 2.88. The van der Waals surface area contributed by atoms with Gasteiger partial charge in [0, 0.05) is 25.2 Å². The van der Waals surface area contributed by atoms with Crippen molar-refractivity contribution in [2.45, 2.75) is 37.4 Å². The first-order valence-electron chi connectivity index (χ1n) is 6.78. The molecule has 0 radical (unpaired) electrons. The molecule has 0 aromatic heterocycles. The highest BCUT2D eigenvalue weighted by molar-refractivity contribution is 7.89. The summed E-state index contributed by atoms with van der Waals surface area (Å²) < 4.78 is 26.9. The fraction of sp³-hybridized carbons (Fsp3) is 0.571. The van der Waals surface area contributed by atoms with E-state index in [1.54, 1.807) is 28.6 Å². The van der Waals surface area contributed by atoms with Gasteiger partial charge in [0.1, 0.15) is 0 Å². The molecule has 2 unspecified atom stereocenters. The molecule has 1 fully saturated rings. The molecule has 2 atom stereocenters. The van der Waals surface area contributed by atoms with Gasteiger partial charge in [-0.3, -0.25) is 4.90 Å². The molecule has 1 N–H and O–H groups in total. The maximum absolute atomic E-state index is 12.7. The number of likely N-dealkylation sites (N-methyl/N-ethyl adjacent to an activating group) is 1. The number of aliphatic hydroxyl groups excluding tert-OH is 1. The fourth-order valence-corrected chi connectivity index (χ4v) is 4.18. The minimum atomic E-state index is -3.49. The second-order valence-corrected chi connectivity index (χ2v) is 7.43. The standard InChI is InChI=1S/C14H22N2O3S/c1-11-8-16(9-12(2)15(11)3)20(18,19)14-6-4-5-13(7-14)10-17/h4-7,11-12,17H,8-10H2,1-3H3. The van der Waals surface area contributed by atoms with Gasteiger partial charge in [-0.1, -0.05) is 12.1 Å². The Balaban J connectivity index is 2.30. The summed E-state index contributed by atoms with van der Waals surface area (Å²) in [4.78, 5) is 2.45. The quantitative estimate of drug-likeness (QED) is 0.900. The van der Waals surface area contributed by atoms with E-state index in [-0.39, 0.29) is 23.6 Å². The monoisotopic (exact) mass is 298 g/mol. The summed E-state index contributed by atoms with van der Waals surface area (Å²) in [6, 6.07) is 6.89. The summed E-state index contributed by atoms with van der Waals surface area (Å²) in [6.45, 7) is 4.89. The Morgan fingerprint density at radius 1 is 1.25 bits per heavy atom. The van der Waals surface area contributed by atoms with E-state index in [4.69, 9.17) is 5.11 Å². The predicted octanol–water partition coefficient (Wildman–Crippen LogP) is 0.892. The van der Waals surface area contributed by atoms with Crippen LogP contribution in [0.4, 0.5) is 0 Å². The topological polar surface area (TPSA) is 60.9 Å². The lowest BCUT2D eigenvalue weighted by atomic mass is 10.1. The highest BCUT2D eigenvalue weighted by atomic mass is 32.2. The molecular weight excluding hydrogens is 276 g/mol. The molecule has 1 aliphatic rings. The summed E-state index contributed by atoms with van der Waals surface area (Å²) in [7, 11) is -1.47. The van der Waals surface area contributed by atoms with E-state index in [0.717, 1.165) is 0 Å². The SMILES string of the molecule is CC1CN(S(=O)(=O)c2cccc(CO)c2)CC(C)N1C. The highest BCUT2D eigenvalue weighted by Gasteiger charge is 2.34. The average Bonchev–Trinajstić information content (AvgIpc) is 2.44. The largest absolute Gasteiger partial charge is 0.392 e. The molecule has 20 heavy (non-hydrogen) atoms. The molecule has 0 saturated carbocycles. The summed E-state index contributed by atoms with van der Waals surface area (Å²) in [5.41, 5.74) is 0.612. The Kier molecular flexibility index (Phi) is 4.49. The van der Waals surface area contributed by atoms with Crippen LogP contribution < -0.4 is 0 Å². The van der Waals surface area contributed by atoms with Crippen LogP contribution in [-0.2, 0) is 16.6 Å². The summed E-state index contributed by atoms with van der Waals surface area (Å²) >= 11 is 0. The van der Waals surface area contributed by atoms with Crippen LogP contribution in [-0.4, -0.2) is 55.0 Å². The molecule has 6 heteroatoms. The van der Waals surface area contributed by atoms with Crippen molar-refractivity contribution >= 4 is 10.0 Å². The Hall–Kier alpha value is -0.950.